The molecular weight excluding hydrogens is 284 g/mol. The third kappa shape index (κ3) is 3.07. The fourth-order valence-electron chi connectivity index (χ4n) is 2.83. The van der Waals surface area contributed by atoms with E-state index in [4.69, 9.17) is 5.73 Å². The molecule has 0 saturated carbocycles. The van der Waals surface area contributed by atoms with Gasteiger partial charge in [-0.15, -0.1) is 0 Å². The highest BCUT2D eigenvalue weighted by molar-refractivity contribution is 5.77. The van der Waals surface area contributed by atoms with Crippen LogP contribution < -0.4 is 10.6 Å². The van der Waals surface area contributed by atoms with E-state index in [-0.39, 0.29) is 0 Å². The van der Waals surface area contributed by atoms with Crippen LogP contribution in [0.5, 0.6) is 0 Å². The van der Waals surface area contributed by atoms with E-state index in [9.17, 15) is 0 Å². The van der Waals surface area contributed by atoms with E-state index in [2.05, 4.69) is 53.0 Å². The molecule has 3 aromatic rings. The maximum absolute atomic E-state index is 6.04. The lowest BCUT2D eigenvalue weighted by molar-refractivity contribution is 1.02. The van der Waals surface area contributed by atoms with Crippen molar-refractivity contribution in [3.05, 3.63) is 77.7 Å². The van der Waals surface area contributed by atoms with Crippen molar-refractivity contribution < 1.29 is 0 Å². The minimum absolute atomic E-state index is 0.482. The molecule has 4 nitrogen and oxygen atoms in total. The molecule has 1 aromatic heterocycles. The average molecular weight is 304 g/mol. The van der Waals surface area contributed by atoms with Gasteiger partial charge in [0.25, 0.3) is 0 Å². The Hall–Kier alpha value is -2.72. The molecule has 2 aromatic carbocycles. The summed E-state index contributed by atoms with van der Waals surface area (Å²) in [7, 11) is 0. The Morgan fingerprint density at radius 3 is 2.48 bits per heavy atom. The molecule has 0 bridgehead atoms. The van der Waals surface area contributed by atoms with Crippen molar-refractivity contribution >= 4 is 17.2 Å². The number of nitrogens with two attached hydrogens (primary N) is 1. The molecule has 1 heterocycles. The number of rotatable bonds is 4. The standard InChI is InChI=1S/C19H20N4/c1-14-10-15(2)17(12-20)18(11-14)23(16-6-4-3-5-7-16)19-8-9-21-13-22-19/h3-11,13H,12,20H2,1-2H3. The van der Waals surface area contributed by atoms with Crippen molar-refractivity contribution in [1.82, 2.24) is 9.97 Å². The van der Waals surface area contributed by atoms with Gasteiger partial charge in [0.05, 0.1) is 5.69 Å². The molecular formula is C19H20N4. The summed E-state index contributed by atoms with van der Waals surface area (Å²) in [5, 5.41) is 0. The monoisotopic (exact) mass is 304 g/mol. The molecule has 3 rings (SSSR count). The number of hydrogen-bond acceptors (Lipinski definition) is 4. The second-order valence-electron chi connectivity index (χ2n) is 5.52. The summed E-state index contributed by atoms with van der Waals surface area (Å²) in [6.07, 6.45) is 3.32. The molecule has 2 N–H and O–H groups in total. The van der Waals surface area contributed by atoms with E-state index < -0.39 is 0 Å². The highest BCUT2D eigenvalue weighted by atomic mass is 15.2. The number of aryl methyl sites for hydroxylation is 2. The van der Waals surface area contributed by atoms with Crippen LogP contribution in [0.2, 0.25) is 0 Å². The number of benzene rings is 2. The number of nitrogens with zero attached hydrogens (tertiary/aromatic N) is 3. The van der Waals surface area contributed by atoms with E-state index in [0.29, 0.717) is 6.54 Å². The average Bonchev–Trinajstić information content (AvgIpc) is 2.57. The predicted molar refractivity (Wildman–Crippen MR) is 94.1 cm³/mol. The summed E-state index contributed by atoms with van der Waals surface area (Å²) in [6, 6.07) is 16.4. The van der Waals surface area contributed by atoms with Crippen molar-refractivity contribution in [2.24, 2.45) is 5.73 Å². The Bertz CT molecular complexity index is 746. The molecule has 0 aliphatic carbocycles. The summed E-state index contributed by atoms with van der Waals surface area (Å²) in [6.45, 7) is 4.68. The van der Waals surface area contributed by atoms with Gasteiger partial charge < -0.3 is 5.73 Å². The van der Waals surface area contributed by atoms with Crippen molar-refractivity contribution in [2.45, 2.75) is 20.4 Å². The molecule has 0 aliphatic heterocycles. The normalized spacial score (nSPS) is 10.6. The molecule has 0 spiro atoms. The van der Waals surface area contributed by atoms with Gasteiger partial charge in [0, 0.05) is 18.4 Å². The van der Waals surface area contributed by atoms with Crippen LogP contribution in [0.25, 0.3) is 0 Å². The van der Waals surface area contributed by atoms with Crippen LogP contribution >= 0.6 is 0 Å². The van der Waals surface area contributed by atoms with Gasteiger partial charge in [-0.05, 0) is 54.8 Å². The van der Waals surface area contributed by atoms with Crippen LogP contribution in [-0.4, -0.2) is 9.97 Å². The van der Waals surface area contributed by atoms with Crippen molar-refractivity contribution in [2.75, 3.05) is 4.90 Å². The summed E-state index contributed by atoms with van der Waals surface area (Å²) in [4.78, 5) is 10.6. The largest absolute Gasteiger partial charge is 0.326 e. The lowest BCUT2D eigenvalue weighted by Gasteiger charge is -2.27. The number of anilines is 3. The van der Waals surface area contributed by atoms with Crippen LogP contribution in [0, 0.1) is 13.8 Å². The summed E-state index contributed by atoms with van der Waals surface area (Å²) < 4.78 is 0. The molecule has 0 aliphatic rings. The van der Waals surface area contributed by atoms with Crippen molar-refractivity contribution in [3.63, 3.8) is 0 Å². The van der Waals surface area contributed by atoms with Gasteiger partial charge in [0.2, 0.25) is 0 Å². The zero-order chi connectivity index (χ0) is 16.2. The second-order valence-corrected chi connectivity index (χ2v) is 5.52. The van der Waals surface area contributed by atoms with Gasteiger partial charge >= 0.3 is 0 Å². The third-order valence-corrected chi connectivity index (χ3v) is 3.85. The Morgan fingerprint density at radius 2 is 1.83 bits per heavy atom. The Labute approximate surface area is 136 Å². The van der Waals surface area contributed by atoms with Crippen LogP contribution in [0.3, 0.4) is 0 Å². The minimum Gasteiger partial charge on any atom is -0.326 e. The van der Waals surface area contributed by atoms with Crippen LogP contribution in [0.1, 0.15) is 16.7 Å². The first-order chi connectivity index (χ1) is 11.2. The van der Waals surface area contributed by atoms with Crippen molar-refractivity contribution in [3.8, 4) is 0 Å². The summed E-state index contributed by atoms with van der Waals surface area (Å²) >= 11 is 0. The molecule has 0 amide bonds. The van der Waals surface area contributed by atoms with E-state index in [0.717, 1.165) is 22.8 Å². The van der Waals surface area contributed by atoms with E-state index in [1.54, 1.807) is 12.5 Å². The van der Waals surface area contributed by atoms with E-state index in [1.165, 1.54) is 11.1 Å². The topological polar surface area (TPSA) is 55.0 Å². The van der Waals surface area contributed by atoms with Gasteiger partial charge in [0.1, 0.15) is 12.1 Å². The SMILES string of the molecule is Cc1cc(C)c(CN)c(N(c2ccccc2)c2ccncn2)c1. The highest BCUT2D eigenvalue weighted by Crippen LogP contribution is 2.36. The van der Waals surface area contributed by atoms with Gasteiger partial charge in [-0.25, -0.2) is 9.97 Å². The molecule has 116 valence electrons. The van der Waals surface area contributed by atoms with Gasteiger partial charge in [0.15, 0.2) is 0 Å². The van der Waals surface area contributed by atoms with Gasteiger partial charge in [-0.3, -0.25) is 4.90 Å². The molecule has 0 fully saturated rings. The first kappa shape index (κ1) is 15.2. The second kappa shape index (κ2) is 6.58. The lowest BCUT2D eigenvalue weighted by atomic mass is 10.0. The van der Waals surface area contributed by atoms with E-state index in [1.807, 2.05) is 24.3 Å². The predicted octanol–water partition coefficient (Wildman–Crippen LogP) is 4.02. The summed E-state index contributed by atoms with van der Waals surface area (Å²) in [5.41, 5.74) is 11.7. The fourth-order valence-corrected chi connectivity index (χ4v) is 2.83. The first-order valence-electron chi connectivity index (χ1n) is 7.62. The lowest BCUT2D eigenvalue weighted by Crippen LogP contribution is -2.16. The maximum atomic E-state index is 6.04. The van der Waals surface area contributed by atoms with Crippen LogP contribution in [0.15, 0.2) is 61.1 Å². The third-order valence-electron chi connectivity index (χ3n) is 3.85. The van der Waals surface area contributed by atoms with E-state index >= 15 is 0 Å². The van der Waals surface area contributed by atoms with Crippen LogP contribution in [0.4, 0.5) is 17.2 Å². The smallest absolute Gasteiger partial charge is 0.140 e. The number of hydrogen-bond donors (Lipinski definition) is 1. The Kier molecular flexibility index (Phi) is 4.35. The Morgan fingerprint density at radius 1 is 1.04 bits per heavy atom. The molecule has 0 saturated heterocycles. The Balaban J connectivity index is 2.25. The fraction of sp³-hybridized carbons (Fsp3) is 0.158. The minimum atomic E-state index is 0.482. The molecule has 0 atom stereocenters. The molecule has 23 heavy (non-hydrogen) atoms. The first-order valence-corrected chi connectivity index (χ1v) is 7.62. The maximum Gasteiger partial charge on any atom is 0.140 e. The summed E-state index contributed by atoms with van der Waals surface area (Å²) in [5.74, 6) is 0.825. The molecule has 0 unspecified atom stereocenters. The number of aromatic nitrogens is 2. The van der Waals surface area contributed by atoms with Gasteiger partial charge in [-0.2, -0.15) is 0 Å². The zero-order valence-corrected chi connectivity index (χ0v) is 13.4. The zero-order valence-electron chi connectivity index (χ0n) is 13.4. The molecule has 0 radical (unpaired) electrons. The quantitative estimate of drug-likeness (QED) is 0.791. The van der Waals surface area contributed by atoms with Crippen molar-refractivity contribution in [1.29, 1.82) is 0 Å². The van der Waals surface area contributed by atoms with Gasteiger partial charge in [-0.1, -0.05) is 24.3 Å². The highest BCUT2D eigenvalue weighted by Gasteiger charge is 2.17. The number of para-hydroxylation sites is 1. The van der Waals surface area contributed by atoms with Crippen LogP contribution in [-0.2, 0) is 6.54 Å². The molecule has 4 heteroatoms.